The van der Waals surface area contributed by atoms with E-state index in [0.29, 0.717) is 12.5 Å². The van der Waals surface area contributed by atoms with Crippen LogP contribution in [0.1, 0.15) is 36.1 Å². The van der Waals surface area contributed by atoms with Crippen LogP contribution in [0, 0.1) is 0 Å². The minimum Gasteiger partial charge on any atom is -0.468 e. The number of guanidine groups is 1. The van der Waals surface area contributed by atoms with Crippen LogP contribution in [0.4, 0.5) is 0 Å². The topological polar surface area (TPSA) is 58.0 Å². The van der Waals surface area contributed by atoms with Crippen molar-refractivity contribution in [2.75, 3.05) is 20.1 Å². The van der Waals surface area contributed by atoms with Crippen LogP contribution in [0.3, 0.4) is 0 Å². The van der Waals surface area contributed by atoms with Crippen molar-refractivity contribution in [1.82, 2.24) is 9.80 Å². The van der Waals surface area contributed by atoms with Crippen molar-refractivity contribution in [1.29, 1.82) is 0 Å². The molecule has 0 amide bonds. The van der Waals surface area contributed by atoms with Crippen LogP contribution < -0.4 is 5.73 Å². The Hall–Kier alpha value is -1.54. The maximum absolute atomic E-state index is 6.19. The predicted molar refractivity (Wildman–Crippen MR) is 116 cm³/mol. The van der Waals surface area contributed by atoms with Crippen molar-refractivity contribution < 1.29 is 4.42 Å². The molecule has 0 unspecified atom stereocenters. The molecule has 142 valence electrons. The van der Waals surface area contributed by atoms with Crippen LogP contribution in [0.2, 0.25) is 0 Å². The van der Waals surface area contributed by atoms with Crippen LogP contribution in [0.5, 0.6) is 0 Å². The van der Waals surface area contributed by atoms with Gasteiger partial charge in [-0.25, -0.2) is 4.99 Å². The highest BCUT2D eigenvalue weighted by Gasteiger charge is 2.12. The maximum Gasteiger partial charge on any atom is 0.191 e. The Morgan fingerprint density at radius 2 is 1.81 bits per heavy atom. The Balaban J connectivity index is 0.00000243. The molecular weight excluding hydrogens is 439 g/mol. The molecule has 26 heavy (non-hydrogen) atoms. The van der Waals surface area contributed by atoms with Gasteiger partial charge in [0.2, 0.25) is 0 Å². The van der Waals surface area contributed by atoms with Gasteiger partial charge in [-0.1, -0.05) is 24.3 Å². The molecule has 0 bridgehead atoms. The summed E-state index contributed by atoms with van der Waals surface area (Å²) in [6, 6.07) is 12.4. The molecule has 0 aliphatic carbocycles. The van der Waals surface area contributed by atoms with E-state index < -0.39 is 0 Å². The van der Waals surface area contributed by atoms with Gasteiger partial charge in [-0.2, -0.15) is 0 Å². The molecule has 2 N–H and O–H groups in total. The van der Waals surface area contributed by atoms with E-state index in [-0.39, 0.29) is 24.0 Å². The lowest BCUT2D eigenvalue weighted by Gasteiger charge is -2.27. The second kappa shape index (κ2) is 10.6. The zero-order chi connectivity index (χ0) is 17.5. The van der Waals surface area contributed by atoms with Crippen molar-refractivity contribution in [3.8, 4) is 0 Å². The predicted octanol–water partition coefficient (Wildman–Crippen LogP) is 3.83. The minimum atomic E-state index is 0. The Morgan fingerprint density at radius 3 is 2.50 bits per heavy atom. The van der Waals surface area contributed by atoms with E-state index in [1.165, 1.54) is 30.4 Å². The molecule has 0 saturated carbocycles. The van der Waals surface area contributed by atoms with E-state index in [0.717, 1.165) is 31.9 Å². The quantitative estimate of drug-likeness (QED) is 0.398. The monoisotopic (exact) mass is 468 g/mol. The summed E-state index contributed by atoms with van der Waals surface area (Å²) >= 11 is 0. The first kappa shape index (κ1) is 20.8. The molecular formula is C20H29IN4O. The number of hydrogen-bond acceptors (Lipinski definition) is 3. The van der Waals surface area contributed by atoms with Gasteiger partial charge < -0.3 is 15.1 Å². The molecule has 5 nitrogen and oxygen atoms in total. The second-order valence-electron chi connectivity index (χ2n) is 6.74. The first-order valence-electron chi connectivity index (χ1n) is 9.05. The summed E-state index contributed by atoms with van der Waals surface area (Å²) in [6.45, 7) is 4.34. The fourth-order valence-electron chi connectivity index (χ4n) is 3.27. The molecule has 1 fully saturated rings. The van der Waals surface area contributed by atoms with E-state index in [2.05, 4.69) is 46.1 Å². The minimum absolute atomic E-state index is 0. The summed E-state index contributed by atoms with van der Waals surface area (Å²) in [5, 5.41) is 0. The largest absolute Gasteiger partial charge is 0.468 e. The number of nitrogens with two attached hydrogens (primary N) is 1. The Morgan fingerprint density at radius 1 is 1.08 bits per heavy atom. The third kappa shape index (κ3) is 6.02. The summed E-state index contributed by atoms with van der Waals surface area (Å²) in [4.78, 5) is 9.09. The van der Waals surface area contributed by atoms with Crippen molar-refractivity contribution in [2.24, 2.45) is 10.7 Å². The lowest BCUT2D eigenvalue weighted by atomic mass is 10.1. The molecule has 1 aliphatic heterocycles. The molecule has 1 aromatic heterocycles. The zero-order valence-corrected chi connectivity index (χ0v) is 17.8. The van der Waals surface area contributed by atoms with Crippen molar-refractivity contribution in [2.45, 2.75) is 38.9 Å². The smallest absolute Gasteiger partial charge is 0.191 e. The van der Waals surface area contributed by atoms with Crippen LogP contribution >= 0.6 is 24.0 Å². The average Bonchev–Trinajstić information content (AvgIpc) is 3.14. The van der Waals surface area contributed by atoms with Crippen molar-refractivity contribution in [3.05, 3.63) is 59.5 Å². The van der Waals surface area contributed by atoms with Crippen molar-refractivity contribution in [3.63, 3.8) is 0 Å². The number of rotatable bonds is 6. The third-order valence-corrected chi connectivity index (χ3v) is 4.66. The van der Waals surface area contributed by atoms with Crippen LogP contribution in [-0.4, -0.2) is 35.9 Å². The summed E-state index contributed by atoms with van der Waals surface area (Å²) in [6.07, 6.45) is 5.44. The Bertz CT molecular complexity index is 681. The molecule has 3 rings (SSSR count). The number of nitrogens with zero attached hydrogens (tertiary/aromatic N) is 3. The lowest BCUT2D eigenvalue weighted by molar-refractivity contribution is 0.287. The van der Waals surface area contributed by atoms with Crippen LogP contribution in [0.15, 0.2) is 52.1 Å². The van der Waals surface area contributed by atoms with E-state index >= 15 is 0 Å². The third-order valence-electron chi connectivity index (χ3n) is 4.66. The van der Waals surface area contributed by atoms with Gasteiger partial charge in [-0.3, -0.25) is 4.90 Å². The van der Waals surface area contributed by atoms with Crippen LogP contribution in [0.25, 0.3) is 0 Å². The average molecular weight is 468 g/mol. The number of aliphatic imine (C=N–C) groups is 1. The highest BCUT2D eigenvalue weighted by atomic mass is 127. The molecule has 1 aliphatic rings. The SMILES string of the molecule is CN(Cc1ccco1)Cc1ccccc1CN=C(N)N1CCCCC1.I. The van der Waals surface area contributed by atoms with Gasteiger partial charge in [0.05, 0.1) is 19.4 Å². The van der Waals surface area contributed by atoms with E-state index in [1.807, 2.05) is 12.1 Å². The molecule has 0 spiro atoms. The highest BCUT2D eigenvalue weighted by molar-refractivity contribution is 14.0. The van der Waals surface area contributed by atoms with Crippen LogP contribution in [-0.2, 0) is 19.6 Å². The molecule has 2 heterocycles. The maximum atomic E-state index is 6.19. The molecule has 0 atom stereocenters. The Labute approximate surface area is 173 Å². The number of furan rings is 1. The fraction of sp³-hybridized carbons (Fsp3) is 0.450. The van der Waals surface area contributed by atoms with Gasteiger partial charge in [0.15, 0.2) is 5.96 Å². The van der Waals surface area contributed by atoms with Gasteiger partial charge in [0, 0.05) is 19.6 Å². The molecule has 1 saturated heterocycles. The summed E-state index contributed by atoms with van der Waals surface area (Å²) in [5.74, 6) is 1.66. The van der Waals surface area contributed by atoms with E-state index in [1.54, 1.807) is 6.26 Å². The number of piperidine rings is 1. The second-order valence-corrected chi connectivity index (χ2v) is 6.74. The van der Waals surface area contributed by atoms with Crippen molar-refractivity contribution >= 4 is 29.9 Å². The number of hydrogen-bond donors (Lipinski definition) is 1. The molecule has 0 radical (unpaired) electrons. The summed E-state index contributed by atoms with van der Waals surface area (Å²) < 4.78 is 5.43. The number of likely N-dealkylation sites (tertiary alicyclic amines) is 1. The van der Waals surface area contributed by atoms with Gasteiger partial charge in [-0.05, 0) is 49.6 Å². The zero-order valence-electron chi connectivity index (χ0n) is 15.4. The van der Waals surface area contributed by atoms with E-state index in [4.69, 9.17) is 10.2 Å². The normalized spacial score (nSPS) is 15.2. The highest BCUT2D eigenvalue weighted by Crippen LogP contribution is 2.15. The number of halogens is 1. The lowest BCUT2D eigenvalue weighted by Crippen LogP contribution is -2.40. The molecule has 2 aromatic rings. The standard InChI is InChI=1S/C20H28N4O.HI/c1-23(16-19-10-7-13-25-19)15-18-9-4-3-8-17(18)14-22-20(21)24-11-5-2-6-12-24;/h3-4,7-10,13H,2,5-6,11-12,14-16H2,1H3,(H2,21,22);1H. The molecule has 1 aromatic carbocycles. The Kier molecular flexibility index (Phi) is 8.44. The first-order chi connectivity index (χ1) is 12.2. The molecule has 6 heteroatoms. The van der Waals surface area contributed by atoms with Gasteiger partial charge in [0.1, 0.15) is 5.76 Å². The van der Waals surface area contributed by atoms with Gasteiger partial charge >= 0.3 is 0 Å². The summed E-state index contributed by atoms with van der Waals surface area (Å²) in [7, 11) is 2.10. The van der Waals surface area contributed by atoms with Gasteiger partial charge in [-0.15, -0.1) is 24.0 Å². The summed E-state index contributed by atoms with van der Waals surface area (Å²) in [5.41, 5.74) is 8.71. The first-order valence-corrected chi connectivity index (χ1v) is 9.05. The fourth-order valence-corrected chi connectivity index (χ4v) is 3.27. The number of benzene rings is 1. The van der Waals surface area contributed by atoms with Gasteiger partial charge in [0.25, 0.3) is 0 Å². The van der Waals surface area contributed by atoms with E-state index in [9.17, 15) is 0 Å².